The largest absolute Gasteiger partial charge is 0.457 e. The van der Waals surface area contributed by atoms with E-state index in [2.05, 4.69) is 152 Å². The number of ether oxygens (including phenoxy) is 1. The molecular weight excluding hydrogens is 659 g/mol. The van der Waals surface area contributed by atoms with E-state index >= 15 is 0 Å². The van der Waals surface area contributed by atoms with Gasteiger partial charge in [0.2, 0.25) is 0 Å². The van der Waals surface area contributed by atoms with Gasteiger partial charge in [0.15, 0.2) is 5.82 Å². The Morgan fingerprint density at radius 3 is 1.67 bits per heavy atom. The molecule has 4 nitrogen and oxygen atoms in total. The molecule has 4 heteroatoms. The maximum Gasteiger partial charge on any atom is 0.160 e. The summed E-state index contributed by atoms with van der Waals surface area (Å²) in [7, 11) is 0. The van der Waals surface area contributed by atoms with Crippen molar-refractivity contribution in [2.24, 2.45) is 0 Å². The normalized spacial score (nSPS) is 13.1. The van der Waals surface area contributed by atoms with Gasteiger partial charge in [-0.1, -0.05) is 158 Å². The van der Waals surface area contributed by atoms with E-state index in [1.54, 1.807) is 0 Å². The molecule has 54 heavy (non-hydrogen) atoms. The van der Waals surface area contributed by atoms with Crippen LogP contribution in [0.1, 0.15) is 22.3 Å². The van der Waals surface area contributed by atoms with Crippen molar-refractivity contribution in [3.8, 4) is 67.7 Å². The Morgan fingerprint density at radius 2 is 0.944 bits per heavy atom. The molecule has 0 saturated heterocycles. The van der Waals surface area contributed by atoms with Crippen molar-refractivity contribution in [3.63, 3.8) is 0 Å². The number of hydrogen-bond donors (Lipinski definition) is 0. The van der Waals surface area contributed by atoms with Crippen LogP contribution in [0.15, 0.2) is 188 Å². The van der Waals surface area contributed by atoms with Gasteiger partial charge in [0, 0.05) is 45.0 Å². The van der Waals surface area contributed by atoms with Crippen molar-refractivity contribution in [1.29, 1.82) is 0 Å². The van der Waals surface area contributed by atoms with Gasteiger partial charge in [0.1, 0.15) is 11.5 Å². The molecule has 0 atom stereocenters. The van der Waals surface area contributed by atoms with E-state index in [1.807, 2.05) is 36.5 Å². The SMILES string of the molecule is c1ccc(-c2cc(-c3cccc4c3-c3c(-c5cccc6cccnc56)cccc3C43c4ccccc4Oc4ccccc43)nc(-c3ccccc3)n2)cc1. The zero-order valence-corrected chi connectivity index (χ0v) is 29.1. The fourth-order valence-corrected chi connectivity index (χ4v) is 8.81. The van der Waals surface area contributed by atoms with E-state index in [9.17, 15) is 0 Å². The molecule has 2 aliphatic rings. The van der Waals surface area contributed by atoms with E-state index in [-0.39, 0.29) is 0 Å². The van der Waals surface area contributed by atoms with Gasteiger partial charge in [-0.15, -0.1) is 0 Å². The highest BCUT2D eigenvalue weighted by molar-refractivity contribution is 6.06. The van der Waals surface area contributed by atoms with Crippen LogP contribution in [0, 0.1) is 0 Å². The van der Waals surface area contributed by atoms with E-state index in [0.29, 0.717) is 5.82 Å². The van der Waals surface area contributed by atoms with E-state index in [0.717, 1.165) is 78.3 Å². The zero-order chi connectivity index (χ0) is 35.6. The van der Waals surface area contributed by atoms with Crippen LogP contribution >= 0.6 is 0 Å². The summed E-state index contributed by atoms with van der Waals surface area (Å²) in [6.45, 7) is 0. The Balaban J connectivity index is 1.29. The average Bonchev–Trinajstić information content (AvgIpc) is 3.55. The third kappa shape index (κ3) is 4.40. The quantitative estimate of drug-likeness (QED) is 0.185. The lowest BCUT2D eigenvalue weighted by Gasteiger charge is -2.39. The maximum absolute atomic E-state index is 6.68. The number of benzene rings is 7. The summed E-state index contributed by atoms with van der Waals surface area (Å²) in [6.07, 6.45) is 1.89. The summed E-state index contributed by atoms with van der Waals surface area (Å²) in [6, 6.07) is 63.9. The van der Waals surface area contributed by atoms with Crippen LogP contribution in [0.3, 0.4) is 0 Å². The number of para-hydroxylation sites is 3. The molecule has 0 amide bonds. The van der Waals surface area contributed by atoms with Gasteiger partial charge in [0.05, 0.1) is 22.3 Å². The molecule has 7 aromatic carbocycles. The van der Waals surface area contributed by atoms with Crippen LogP contribution in [0.2, 0.25) is 0 Å². The summed E-state index contributed by atoms with van der Waals surface area (Å²) in [5.74, 6) is 2.40. The summed E-state index contributed by atoms with van der Waals surface area (Å²) < 4.78 is 6.68. The Bertz CT molecular complexity index is 2810. The fraction of sp³-hybridized carbons (Fsp3) is 0.0200. The monoisotopic (exact) mass is 689 g/mol. The van der Waals surface area contributed by atoms with Gasteiger partial charge in [0.25, 0.3) is 0 Å². The minimum Gasteiger partial charge on any atom is -0.457 e. The number of rotatable bonds is 4. The molecule has 3 heterocycles. The maximum atomic E-state index is 6.68. The molecule has 0 bridgehead atoms. The first-order valence-electron chi connectivity index (χ1n) is 18.3. The molecule has 11 rings (SSSR count). The molecule has 0 N–H and O–H groups in total. The number of fused-ring (bicyclic) bond motifs is 10. The fourth-order valence-electron chi connectivity index (χ4n) is 8.81. The second-order valence-electron chi connectivity index (χ2n) is 13.9. The molecular formula is C50H31N3O. The molecule has 1 aliphatic carbocycles. The van der Waals surface area contributed by atoms with Crippen LogP contribution in [-0.4, -0.2) is 15.0 Å². The van der Waals surface area contributed by atoms with Crippen molar-refractivity contribution in [2.75, 3.05) is 0 Å². The van der Waals surface area contributed by atoms with Gasteiger partial charge in [-0.25, -0.2) is 9.97 Å². The molecule has 1 aliphatic heterocycles. The van der Waals surface area contributed by atoms with Crippen molar-refractivity contribution in [2.45, 2.75) is 5.41 Å². The van der Waals surface area contributed by atoms with Crippen molar-refractivity contribution < 1.29 is 4.74 Å². The van der Waals surface area contributed by atoms with E-state index in [1.165, 1.54) is 16.7 Å². The highest BCUT2D eigenvalue weighted by Crippen LogP contribution is 2.64. The molecule has 0 unspecified atom stereocenters. The lowest BCUT2D eigenvalue weighted by Crippen LogP contribution is -2.32. The third-order valence-electron chi connectivity index (χ3n) is 11.0. The Morgan fingerprint density at radius 1 is 0.407 bits per heavy atom. The second-order valence-corrected chi connectivity index (χ2v) is 13.9. The predicted molar refractivity (Wildman–Crippen MR) is 216 cm³/mol. The summed E-state index contributed by atoms with van der Waals surface area (Å²) in [4.78, 5) is 15.5. The molecule has 2 aromatic heterocycles. The van der Waals surface area contributed by atoms with Gasteiger partial charge in [-0.2, -0.15) is 0 Å². The van der Waals surface area contributed by atoms with Gasteiger partial charge >= 0.3 is 0 Å². The Kier molecular flexibility index (Phi) is 6.73. The Hall–Kier alpha value is -7.17. The highest BCUT2D eigenvalue weighted by Gasteiger charge is 2.52. The molecule has 0 saturated carbocycles. The number of pyridine rings is 1. The second kappa shape index (κ2) is 11.9. The van der Waals surface area contributed by atoms with Gasteiger partial charge in [-0.05, 0) is 52.1 Å². The van der Waals surface area contributed by atoms with Crippen LogP contribution in [0.25, 0.3) is 67.1 Å². The molecule has 0 radical (unpaired) electrons. The summed E-state index contributed by atoms with van der Waals surface area (Å²) >= 11 is 0. The van der Waals surface area contributed by atoms with E-state index < -0.39 is 5.41 Å². The number of nitrogens with zero attached hydrogens (tertiary/aromatic N) is 3. The van der Waals surface area contributed by atoms with Crippen molar-refractivity contribution >= 4 is 10.9 Å². The van der Waals surface area contributed by atoms with Crippen molar-refractivity contribution in [1.82, 2.24) is 15.0 Å². The minimum absolute atomic E-state index is 0.655. The molecule has 252 valence electrons. The van der Waals surface area contributed by atoms with Gasteiger partial charge < -0.3 is 4.74 Å². The molecule has 9 aromatic rings. The molecule has 1 spiro atoms. The standard InChI is InChI=1S/C50H31N3O/c1-3-15-32(16-4-1)42-31-43(53-49(52-42)34-17-5-2-6-18-34)37-23-13-27-41-47(37)46-35(36-22-11-19-33-20-14-30-51-48(33)36)21-12-26-40(46)50(41)38-24-7-9-28-44(38)54-45-29-10-8-25-39(45)50/h1-31H. The van der Waals surface area contributed by atoms with Crippen LogP contribution in [-0.2, 0) is 5.41 Å². The highest BCUT2D eigenvalue weighted by atomic mass is 16.5. The smallest absolute Gasteiger partial charge is 0.160 e. The van der Waals surface area contributed by atoms with Crippen LogP contribution in [0.4, 0.5) is 0 Å². The summed E-state index contributed by atoms with van der Waals surface area (Å²) in [5.41, 5.74) is 14.3. The third-order valence-corrected chi connectivity index (χ3v) is 11.0. The lowest BCUT2D eigenvalue weighted by molar-refractivity contribution is 0.436. The van der Waals surface area contributed by atoms with Crippen LogP contribution in [0.5, 0.6) is 11.5 Å². The minimum atomic E-state index is -0.655. The van der Waals surface area contributed by atoms with E-state index in [4.69, 9.17) is 19.7 Å². The predicted octanol–water partition coefficient (Wildman–Crippen LogP) is 12.2. The van der Waals surface area contributed by atoms with Crippen molar-refractivity contribution in [3.05, 3.63) is 210 Å². The first-order chi connectivity index (χ1) is 26.8. The number of aromatic nitrogens is 3. The first kappa shape index (κ1) is 30.5. The van der Waals surface area contributed by atoms with Crippen LogP contribution < -0.4 is 4.74 Å². The Labute approximate surface area is 313 Å². The summed E-state index contributed by atoms with van der Waals surface area (Å²) in [5, 5.41) is 1.10. The van der Waals surface area contributed by atoms with Gasteiger partial charge in [-0.3, -0.25) is 4.98 Å². The lowest BCUT2D eigenvalue weighted by atomic mass is 9.66. The molecule has 0 fully saturated rings. The topological polar surface area (TPSA) is 47.9 Å². The average molecular weight is 690 g/mol. The number of hydrogen-bond acceptors (Lipinski definition) is 4. The zero-order valence-electron chi connectivity index (χ0n) is 29.1. The first-order valence-corrected chi connectivity index (χ1v) is 18.3.